The maximum absolute atomic E-state index is 11.0. The maximum Gasteiger partial charge on any atom is 0.305 e. The number of esters is 1. The molecule has 88 valence electrons. The second-order valence-electron chi connectivity index (χ2n) is 3.32. The fourth-order valence-corrected chi connectivity index (χ4v) is 1.24. The molecule has 0 aromatic carbocycles. The number of rotatable bonds is 6. The zero-order chi connectivity index (χ0) is 11.8. The molecule has 0 bridgehead atoms. The SMILES string of the molecule is CCOC(=O)CCCNc1ccnc(C)n1. The van der Waals surface area contributed by atoms with E-state index in [0.29, 0.717) is 19.6 Å². The Morgan fingerprint density at radius 2 is 2.38 bits per heavy atom. The summed E-state index contributed by atoms with van der Waals surface area (Å²) in [4.78, 5) is 19.2. The van der Waals surface area contributed by atoms with Crippen molar-refractivity contribution in [2.24, 2.45) is 0 Å². The standard InChI is InChI=1S/C11H17N3O2/c1-3-16-11(15)5-4-7-13-10-6-8-12-9(2)14-10/h6,8H,3-5,7H2,1-2H3,(H,12,13,14). The topological polar surface area (TPSA) is 64.1 Å². The molecule has 1 aromatic heterocycles. The van der Waals surface area contributed by atoms with Gasteiger partial charge in [0.05, 0.1) is 6.61 Å². The minimum Gasteiger partial charge on any atom is -0.466 e. The molecule has 1 N–H and O–H groups in total. The van der Waals surface area contributed by atoms with Crippen molar-refractivity contribution < 1.29 is 9.53 Å². The highest BCUT2D eigenvalue weighted by Crippen LogP contribution is 2.02. The Balaban J connectivity index is 2.18. The quantitative estimate of drug-likeness (QED) is 0.585. The fraction of sp³-hybridized carbons (Fsp3) is 0.545. The van der Waals surface area contributed by atoms with Crippen LogP contribution in [0, 0.1) is 6.92 Å². The summed E-state index contributed by atoms with van der Waals surface area (Å²) in [6.07, 6.45) is 2.88. The summed E-state index contributed by atoms with van der Waals surface area (Å²) in [7, 11) is 0. The number of nitrogens with one attached hydrogen (secondary N) is 1. The van der Waals surface area contributed by atoms with E-state index in [1.165, 1.54) is 0 Å². The van der Waals surface area contributed by atoms with Gasteiger partial charge in [0.2, 0.25) is 0 Å². The average Bonchev–Trinajstić information content (AvgIpc) is 2.25. The molecular weight excluding hydrogens is 206 g/mol. The molecule has 0 saturated carbocycles. The molecule has 0 fully saturated rings. The molecule has 0 amide bonds. The molecule has 0 atom stereocenters. The largest absolute Gasteiger partial charge is 0.466 e. The third-order valence-corrected chi connectivity index (χ3v) is 1.95. The van der Waals surface area contributed by atoms with Gasteiger partial charge in [0, 0.05) is 19.2 Å². The van der Waals surface area contributed by atoms with Gasteiger partial charge in [-0.2, -0.15) is 0 Å². The van der Waals surface area contributed by atoms with Crippen LogP contribution in [-0.4, -0.2) is 29.1 Å². The van der Waals surface area contributed by atoms with E-state index >= 15 is 0 Å². The second kappa shape index (κ2) is 6.76. The molecule has 16 heavy (non-hydrogen) atoms. The molecule has 5 heteroatoms. The van der Waals surface area contributed by atoms with Gasteiger partial charge < -0.3 is 10.1 Å². The second-order valence-corrected chi connectivity index (χ2v) is 3.32. The van der Waals surface area contributed by atoms with Crippen molar-refractivity contribution in [1.82, 2.24) is 9.97 Å². The summed E-state index contributed by atoms with van der Waals surface area (Å²) in [6, 6.07) is 1.80. The third kappa shape index (κ3) is 4.72. The number of hydrogen-bond acceptors (Lipinski definition) is 5. The van der Waals surface area contributed by atoms with Crippen molar-refractivity contribution in [2.45, 2.75) is 26.7 Å². The minimum atomic E-state index is -0.150. The van der Waals surface area contributed by atoms with E-state index in [1.807, 2.05) is 6.92 Å². The summed E-state index contributed by atoms with van der Waals surface area (Å²) in [6.45, 7) is 4.79. The highest BCUT2D eigenvalue weighted by molar-refractivity contribution is 5.69. The fourth-order valence-electron chi connectivity index (χ4n) is 1.24. The minimum absolute atomic E-state index is 0.150. The highest BCUT2D eigenvalue weighted by Gasteiger charge is 2.00. The summed E-state index contributed by atoms with van der Waals surface area (Å²) in [5, 5.41) is 3.12. The maximum atomic E-state index is 11.0. The van der Waals surface area contributed by atoms with Crippen molar-refractivity contribution in [3.8, 4) is 0 Å². The van der Waals surface area contributed by atoms with Crippen LogP contribution in [0.1, 0.15) is 25.6 Å². The number of carbonyl (C=O) groups excluding carboxylic acids is 1. The van der Waals surface area contributed by atoms with Crippen LogP contribution in [0.25, 0.3) is 0 Å². The van der Waals surface area contributed by atoms with Gasteiger partial charge in [0.1, 0.15) is 11.6 Å². The monoisotopic (exact) mass is 223 g/mol. The van der Waals surface area contributed by atoms with E-state index < -0.39 is 0 Å². The van der Waals surface area contributed by atoms with Gasteiger partial charge >= 0.3 is 5.97 Å². The van der Waals surface area contributed by atoms with Gasteiger partial charge in [-0.25, -0.2) is 9.97 Å². The first-order chi connectivity index (χ1) is 7.72. The summed E-state index contributed by atoms with van der Waals surface area (Å²) < 4.78 is 4.82. The van der Waals surface area contributed by atoms with E-state index in [4.69, 9.17) is 4.74 Å². The first kappa shape index (κ1) is 12.4. The lowest BCUT2D eigenvalue weighted by molar-refractivity contribution is -0.143. The molecular formula is C11H17N3O2. The van der Waals surface area contributed by atoms with E-state index in [-0.39, 0.29) is 5.97 Å². The number of aromatic nitrogens is 2. The molecule has 1 rings (SSSR count). The van der Waals surface area contributed by atoms with Crippen LogP contribution in [0.5, 0.6) is 0 Å². The Morgan fingerprint density at radius 1 is 1.56 bits per heavy atom. The van der Waals surface area contributed by atoms with E-state index in [2.05, 4.69) is 15.3 Å². The van der Waals surface area contributed by atoms with Crippen LogP contribution in [0.3, 0.4) is 0 Å². The molecule has 0 aliphatic rings. The number of hydrogen-bond donors (Lipinski definition) is 1. The van der Waals surface area contributed by atoms with Crippen molar-refractivity contribution in [1.29, 1.82) is 0 Å². The van der Waals surface area contributed by atoms with Gasteiger partial charge in [-0.15, -0.1) is 0 Å². The van der Waals surface area contributed by atoms with E-state index in [0.717, 1.165) is 18.1 Å². The summed E-state index contributed by atoms with van der Waals surface area (Å²) >= 11 is 0. The normalized spacial score (nSPS) is 9.88. The first-order valence-electron chi connectivity index (χ1n) is 5.41. The lowest BCUT2D eigenvalue weighted by atomic mass is 10.3. The van der Waals surface area contributed by atoms with Gasteiger partial charge in [0.15, 0.2) is 0 Å². The van der Waals surface area contributed by atoms with Gasteiger partial charge in [-0.3, -0.25) is 4.79 Å². The molecule has 0 radical (unpaired) electrons. The zero-order valence-corrected chi connectivity index (χ0v) is 9.69. The molecule has 1 aromatic rings. The zero-order valence-electron chi connectivity index (χ0n) is 9.69. The van der Waals surface area contributed by atoms with Crippen LogP contribution in [0.4, 0.5) is 5.82 Å². The number of aryl methyl sites for hydroxylation is 1. The van der Waals surface area contributed by atoms with Crippen LogP contribution in [-0.2, 0) is 9.53 Å². The predicted molar refractivity (Wildman–Crippen MR) is 61.1 cm³/mol. The molecule has 5 nitrogen and oxygen atoms in total. The molecule has 0 saturated heterocycles. The van der Waals surface area contributed by atoms with Crippen LogP contribution >= 0.6 is 0 Å². The summed E-state index contributed by atoms with van der Waals surface area (Å²) in [5.41, 5.74) is 0. The lowest BCUT2D eigenvalue weighted by Gasteiger charge is -2.05. The third-order valence-electron chi connectivity index (χ3n) is 1.95. The van der Waals surface area contributed by atoms with Crippen LogP contribution in [0.15, 0.2) is 12.3 Å². The number of carbonyl (C=O) groups is 1. The Hall–Kier alpha value is -1.65. The smallest absolute Gasteiger partial charge is 0.305 e. The average molecular weight is 223 g/mol. The van der Waals surface area contributed by atoms with Gasteiger partial charge in [-0.05, 0) is 26.3 Å². The van der Waals surface area contributed by atoms with Crippen molar-refractivity contribution >= 4 is 11.8 Å². The Kier molecular flexibility index (Phi) is 5.25. The number of ether oxygens (including phenoxy) is 1. The highest BCUT2D eigenvalue weighted by atomic mass is 16.5. The van der Waals surface area contributed by atoms with E-state index in [1.54, 1.807) is 19.2 Å². The molecule has 0 unspecified atom stereocenters. The Bertz CT molecular complexity index is 342. The Morgan fingerprint density at radius 3 is 3.06 bits per heavy atom. The lowest BCUT2D eigenvalue weighted by Crippen LogP contribution is -2.09. The van der Waals surface area contributed by atoms with Gasteiger partial charge in [-0.1, -0.05) is 0 Å². The summed E-state index contributed by atoms with van der Waals surface area (Å²) in [5.74, 6) is 1.37. The predicted octanol–water partition coefficient (Wildman–Crippen LogP) is 1.54. The molecule has 0 spiro atoms. The Labute approximate surface area is 95.3 Å². The van der Waals surface area contributed by atoms with Gasteiger partial charge in [0.25, 0.3) is 0 Å². The van der Waals surface area contributed by atoms with Crippen molar-refractivity contribution in [3.63, 3.8) is 0 Å². The van der Waals surface area contributed by atoms with Crippen LogP contribution in [0.2, 0.25) is 0 Å². The van der Waals surface area contributed by atoms with E-state index in [9.17, 15) is 4.79 Å². The first-order valence-corrected chi connectivity index (χ1v) is 5.41. The van der Waals surface area contributed by atoms with Crippen molar-refractivity contribution in [3.05, 3.63) is 18.1 Å². The molecule has 1 heterocycles. The number of nitrogens with zero attached hydrogens (tertiary/aromatic N) is 2. The molecule has 0 aliphatic carbocycles. The molecule has 0 aliphatic heterocycles. The van der Waals surface area contributed by atoms with Crippen molar-refractivity contribution in [2.75, 3.05) is 18.5 Å². The number of anilines is 1. The van der Waals surface area contributed by atoms with Crippen LogP contribution < -0.4 is 5.32 Å².